The van der Waals surface area contributed by atoms with Gasteiger partial charge in [0, 0.05) is 13.6 Å². The largest absolute Gasteiger partial charge is 0.394 e. The van der Waals surface area contributed by atoms with Crippen LogP contribution in [0.1, 0.15) is 11.8 Å². The Kier molecular flexibility index (Phi) is 5.31. The molecule has 4 rings (SSSR count). The average Bonchev–Trinajstić information content (AvgIpc) is 3.26. The molecule has 1 aromatic carbocycles. The Bertz CT molecular complexity index is 932. The minimum absolute atomic E-state index is 0.371. The van der Waals surface area contributed by atoms with Crippen molar-refractivity contribution >= 4 is 5.82 Å². The van der Waals surface area contributed by atoms with Gasteiger partial charge in [-0.25, -0.2) is 9.98 Å². The number of imidazole rings is 1. The zero-order valence-electron chi connectivity index (χ0n) is 15.6. The fraction of sp³-hybridized carbons (Fsp3) is 0.474. The summed E-state index contributed by atoms with van der Waals surface area (Å²) in [6.45, 7) is 0.801. The highest BCUT2D eigenvalue weighted by atomic mass is 16.6. The van der Waals surface area contributed by atoms with Gasteiger partial charge in [0.2, 0.25) is 0 Å². The summed E-state index contributed by atoms with van der Waals surface area (Å²) in [4.78, 5) is 11.0. The Morgan fingerprint density at radius 2 is 2.00 bits per heavy atom. The van der Waals surface area contributed by atoms with Crippen molar-refractivity contribution in [1.29, 1.82) is 0 Å². The Morgan fingerprint density at radius 3 is 2.71 bits per heavy atom. The van der Waals surface area contributed by atoms with Gasteiger partial charge in [-0.2, -0.15) is 0 Å². The summed E-state index contributed by atoms with van der Waals surface area (Å²) in [6.07, 6.45) is -1.59. The number of aromatic nitrogens is 2. The number of benzene rings is 1. The first-order chi connectivity index (χ1) is 13.6. The second-order valence-corrected chi connectivity index (χ2v) is 7.06. The van der Waals surface area contributed by atoms with E-state index in [1.807, 2.05) is 30.1 Å². The highest BCUT2D eigenvalue weighted by Gasteiger charge is 2.43. The number of aliphatic hydroxyl groups is 3. The van der Waals surface area contributed by atoms with Crippen molar-refractivity contribution in [3.8, 4) is 0 Å². The summed E-state index contributed by atoms with van der Waals surface area (Å²) in [5.41, 5.74) is 1.83. The molecule has 0 amide bonds. The molecule has 150 valence electrons. The molecule has 9 nitrogen and oxygen atoms in total. The molecule has 3 heterocycles. The normalized spacial score (nSPS) is 26.9. The summed E-state index contributed by atoms with van der Waals surface area (Å²) in [7, 11) is 1.93. The lowest BCUT2D eigenvalue weighted by Crippen LogP contribution is -2.47. The van der Waals surface area contributed by atoms with E-state index in [0.717, 1.165) is 18.8 Å². The van der Waals surface area contributed by atoms with Crippen molar-refractivity contribution in [2.45, 2.75) is 31.0 Å². The predicted octanol–water partition coefficient (Wildman–Crippen LogP) is -2.08. The van der Waals surface area contributed by atoms with E-state index in [1.54, 1.807) is 10.9 Å². The van der Waals surface area contributed by atoms with Crippen molar-refractivity contribution in [2.75, 3.05) is 26.9 Å². The molecule has 0 saturated carbocycles. The summed E-state index contributed by atoms with van der Waals surface area (Å²) < 4.78 is 7.23. The van der Waals surface area contributed by atoms with Crippen LogP contribution in [-0.2, 0) is 11.2 Å². The van der Waals surface area contributed by atoms with E-state index in [-0.39, 0.29) is 6.61 Å². The van der Waals surface area contributed by atoms with Gasteiger partial charge in [-0.1, -0.05) is 30.3 Å². The maximum atomic E-state index is 10.3. The van der Waals surface area contributed by atoms with Gasteiger partial charge >= 0.3 is 0 Å². The predicted molar refractivity (Wildman–Crippen MR) is 100 cm³/mol. The first-order valence-corrected chi connectivity index (χ1v) is 9.33. The molecule has 0 radical (unpaired) electrons. The molecule has 0 bridgehead atoms. The molecule has 1 fully saturated rings. The van der Waals surface area contributed by atoms with E-state index >= 15 is 0 Å². The molecule has 1 aromatic heterocycles. The topological polar surface area (TPSA) is 115 Å². The number of nitrogens with one attached hydrogen (secondary N) is 1. The first kappa shape index (κ1) is 18.9. The molecule has 2 aliphatic rings. The number of hydrogen-bond donors (Lipinski definition) is 4. The van der Waals surface area contributed by atoms with E-state index in [0.29, 0.717) is 17.5 Å². The molecule has 28 heavy (non-hydrogen) atoms. The third-order valence-corrected chi connectivity index (χ3v) is 5.15. The molecular weight excluding hydrogens is 362 g/mol. The van der Waals surface area contributed by atoms with Crippen LogP contribution in [0.3, 0.4) is 0 Å². The number of ether oxygens (including phenoxy) is 1. The number of fused-ring (bicyclic) bond motifs is 1. The monoisotopic (exact) mass is 387 g/mol. The van der Waals surface area contributed by atoms with E-state index < -0.39 is 24.5 Å². The molecule has 2 aliphatic heterocycles. The zero-order chi connectivity index (χ0) is 19.7. The number of rotatable bonds is 6. The van der Waals surface area contributed by atoms with Crippen LogP contribution in [0.5, 0.6) is 0 Å². The number of nitrogens with zero attached hydrogens (tertiary/aromatic N) is 4. The average molecular weight is 387 g/mol. The lowest BCUT2D eigenvalue weighted by atomic mass is 10.1. The summed E-state index contributed by atoms with van der Waals surface area (Å²) in [5, 5.41) is 33.7. The Balaban J connectivity index is 1.59. The molecule has 0 spiro atoms. The smallest absolute Gasteiger partial charge is 0.165 e. The van der Waals surface area contributed by atoms with Gasteiger partial charge < -0.3 is 30.3 Å². The lowest BCUT2D eigenvalue weighted by molar-refractivity contribution is -0.0546. The SMILES string of the molecule is CN1CN=c2c(ncn2[C@@H]2O[C@H](CO)[C@@H](O)[C@H]2O)=C1NCCc1ccccc1. The molecule has 1 saturated heterocycles. The quantitative estimate of drug-likeness (QED) is 0.449. The fourth-order valence-corrected chi connectivity index (χ4v) is 3.59. The van der Waals surface area contributed by atoms with Crippen molar-refractivity contribution in [2.24, 2.45) is 4.99 Å². The van der Waals surface area contributed by atoms with Crippen LogP contribution < -0.4 is 16.2 Å². The maximum Gasteiger partial charge on any atom is 0.165 e. The van der Waals surface area contributed by atoms with Gasteiger partial charge in [-0.15, -0.1) is 0 Å². The summed E-state index contributed by atoms with van der Waals surface area (Å²) in [5.74, 6) is 0.853. The van der Waals surface area contributed by atoms with Gasteiger partial charge in [-0.05, 0) is 12.0 Å². The van der Waals surface area contributed by atoms with Gasteiger partial charge in [0.15, 0.2) is 11.7 Å². The molecule has 2 aromatic rings. The van der Waals surface area contributed by atoms with E-state index in [1.165, 1.54) is 5.56 Å². The molecule has 0 unspecified atom stereocenters. The van der Waals surface area contributed by atoms with Gasteiger partial charge in [-0.3, -0.25) is 4.57 Å². The van der Waals surface area contributed by atoms with Crippen molar-refractivity contribution < 1.29 is 20.1 Å². The van der Waals surface area contributed by atoms with Crippen molar-refractivity contribution in [3.05, 3.63) is 53.1 Å². The highest BCUT2D eigenvalue weighted by Crippen LogP contribution is 2.27. The van der Waals surface area contributed by atoms with Gasteiger partial charge in [0.25, 0.3) is 0 Å². The molecular formula is C19H25N5O4. The maximum absolute atomic E-state index is 10.3. The van der Waals surface area contributed by atoms with Crippen LogP contribution in [0.4, 0.5) is 0 Å². The van der Waals surface area contributed by atoms with Crippen LogP contribution in [0.25, 0.3) is 5.82 Å². The Labute approximate surface area is 162 Å². The Hall–Kier alpha value is -2.46. The third kappa shape index (κ3) is 3.37. The van der Waals surface area contributed by atoms with E-state index in [2.05, 4.69) is 27.4 Å². The van der Waals surface area contributed by atoms with Crippen LogP contribution in [0.2, 0.25) is 0 Å². The van der Waals surface area contributed by atoms with Crippen LogP contribution in [0, 0.1) is 0 Å². The number of aliphatic hydroxyl groups excluding tert-OH is 3. The molecule has 4 atom stereocenters. The van der Waals surface area contributed by atoms with Crippen molar-refractivity contribution in [3.63, 3.8) is 0 Å². The number of hydrogen-bond acceptors (Lipinski definition) is 8. The molecule has 0 aliphatic carbocycles. The second-order valence-electron chi connectivity index (χ2n) is 7.06. The summed E-state index contributed by atoms with van der Waals surface area (Å²) in [6, 6.07) is 10.2. The van der Waals surface area contributed by atoms with Crippen molar-refractivity contribution in [1.82, 2.24) is 19.8 Å². The molecule has 9 heteroatoms. The minimum Gasteiger partial charge on any atom is -0.394 e. The first-order valence-electron chi connectivity index (χ1n) is 9.33. The van der Waals surface area contributed by atoms with Gasteiger partial charge in [0.1, 0.15) is 36.2 Å². The standard InChI is InChI=1S/C19H25N5O4/c1-23-10-22-18-14(17(23)20-8-7-12-5-3-2-4-6-12)21-11-24(18)19-16(27)15(26)13(9-25)28-19/h2-6,11,13,15-16,19-20,25-27H,7-10H2,1H3/t13-,15-,16-,19-/m1/s1. The fourth-order valence-electron chi connectivity index (χ4n) is 3.59. The molecule has 4 N–H and O–H groups in total. The van der Waals surface area contributed by atoms with Gasteiger partial charge in [0.05, 0.1) is 12.9 Å². The third-order valence-electron chi connectivity index (χ3n) is 5.15. The Morgan fingerprint density at radius 1 is 1.21 bits per heavy atom. The van der Waals surface area contributed by atoms with Crippen LogP contribution in [-0.4, -0.2) is 75.0 Å². The van der Waals surface area contributed by atoms with E-state index in [9.17, 15) is 15.3 Å². The lowest BCUT2D eigenvalue weighted by Gasteiger charge is -2.24. The zero-order valence-corrected chi connectivity index (χ0v) is 15.6. The highest BCUT2D eigenvalue weighted by molar-refractivity contribution is 5.38. The van der Waals surface area contributed by atoms with Crippen LogP contribution >= 0.6 is 0 Å². The minimum atomic E-state index is -1.17. The second kappa shape index (κ2) is 7.88. The van der Waals surface area contributed by atoms with Crippen LogP contribution in [0.15, 0.2) is 41.7 Å². The summed E-state index contributed by atoms with van der Waals surface area (Å²) >= 11 is 0. The van der Waals surface area contributed by atoms with E-state index in [4.69, 9.17) is 4.74 Å².